The molecule has 0 aliphatic carbocycles. The van der Waals surface area contributed by atoms with Crippen LogP contribution in [-0.2, 0) is 6.42 Å². The maximum atomic E-state index is 5.50. The van der Waals surface area contributed by atoms with Crippen molar-refractivity contribution >= 4 is 15.9 Å². The standard InChI is InChI=1S/C12H16BrNO2/c1-8-6-10-12(16-7-15-10)11(13)9(8)4-2-3-5-14/h6H,2-5,7,14H2,1H3. The number of aryl methyl sites for hydroxylation is 1. The second-order valence-corrected chi connectivity index (χ2v) is 4.76. The van der Waals surface area contributed by atoms with Gasteiger partial charge >= 0.3 is 0 Å². The largest absolute Gasteiger partial charge is 0.454 e. The predicted octanol–water partition coefficient (Wildman–Crippen LogP) is 2.77. The van der Waals surface area contributed by atoms with E-state index in [9.17, 15) is 0 Å². The SMILES string of the molecule is Cc1cc2c(c(Br)c1CCCCN)OCO2. The van der Waals surface area contributed by atoms with E-state index in [1.807, 2.05) is 6.07 Å². The third-order valence-electron chi connectivity index (χ3n) is 2.81. The maximum Gasteiger partial charge on any atom is 0.231 e. The molecule has 0 bridgehead atoms. The highest BCUT2D eigenvalue weighted by Gasteiger charge is 2.20. The molecule has 0 amide bonds. The van der Waals surface area contributed by atoms with Crippen molar-refractivity contribution < 1.29 is 9.47 Å². The van der Waals surface area contributed by atoms with Gasteiger partial charge in [-0.25, -0.2) is 0 Å². The Labute approximate surface area is 104 Å². The molecule has 0 unspecified atom stereocenters. The summed E-state index contributed by atoms with van der Waals surface area (Å²) in [6.07, 6.45) is 3.19. The summed E-state index contributed by atoms with van der Waals surface area (Å²) in [7, 11) is 0. The molecule has 1 aromatic carbocycles. The van der Waals surface area contributed by atoms with Crippen LogP contribution in [0.15, 0.2) is 10.5 Å². The van der Waals surface area contributed by atoms with Crippen molar-refractivity contribution in [3.63, 3.8) is 0 Å². The lowest BCUT2D eigenvalue weighted by Crippen LogP contribution is -2.00. The Morgan fingerprint density at radius 3 is 2.94 bits per heavy atom. The lowest BCUT2D eigenvalue weighted by Gasteiger charge is -2.10. The van der Waals surface area contributed by atoms with Gasteiger partial charge in [0.1, 0.15) is 0 Å². The average molecular weight is 286 g/mol. The summed E-state index contributed by atoms with van der Waals surface area (Å²) in [4.78, 5) is 0. The number of benzene rings is 1. The molecule has 1 aromatic rings. The van der Waals surface area contributed by atoms with E-state index in [1.165, 1.54) is 11.1 Å². The van der Waals surface area contributed by atoms with Crippen molar-refractivity contribution in [3.05, 3.63) is 21.7 Å². The first-order valence-corrected chi connectivity index (χ1v) is 6.31. The summed E-state index contributed by atoms with van der Waals surface area (Å²) in [5, 5.41) is 0. The molecule has 1 aliphatic heterocycles. The molecule has 4 heteroatoms. The van der Waals surface area contributed by atoms with Gasteiger partial charge in [0, 0.05) is 0 Å². The number of unbranched alkanes of at least 4 members (excludes halogenated alkanes) is 1. The topological polar surface area (TPSA) is 44.5 Å². The molecule has 2 rings (SSSR count). The first kappa shape index (κ1) is 11.7. The average Bonchev–Trinajstić information content (AvgIpc) is 2.71. The highest BCUT2D eigenvalue weighted by atomic mass is 79.9. The zero-order chi connectivity index (χ0) is 11.5. The Kier molecular flexibility index (Phi) is 3.71. The summed E-state index contributed by atoms with van der Waals surface area (Å²) < 4.78 is 11.8. The summed E-state index contributed by atoms with van der Waals surface area (Å²) in [6, 6.07) is 2.05. The summed E-state index contributed by atoms with van der Waals surface area (Å²) in [6.45, 7) is 3.17. The molecular formula is C12H16BrNO2. The molecule has 2 N–H and O–H groups in total. The van der Waals surface area contributed by atoms with Gasteiger partial charge in [0.15, 0.2) is 11.5 Å². The van der Waals surface area contributed by atoms with Crippen molar-refractivity contribution in [2.75, 3.05) is 13.3 Å². The first-order valence-electron chi connectivity index (χ1n) is 5.51. The van der Waals surface area contributed by atoms with Crippen LogP contribution in [0.2, 0.25) is 0 Å². The lowest BCUT2D eigenvalue weighted by molar-refractivity contribution is 0.173. The Balaban J connectivity index is 2.24. The molecule has 3 nitrogen and oxygen atoms in total. The molecule has 1 aliphatic rings. The predicted molar refractivity (Wildman–Crippen MR) is 67.0 cm³/mol. The van der Waals surface area contributed by atoms with Gasteiger partial charge in [0.05, 0.1) is 4.47 Å². The maximum absolute atomic E-state index is 5.50. The van der Waals surface area contributed by atoms with Gasteiger partial charge in [0.2, 0.25) is 6.79 Å². The Bertz CT molecular complexity index is 393. The highest BCUT2D eigenvalue weighted by molar-refractivity contribution is 9.10. The van der Waals surface area contributed by atoms with Gasteiger partial charge in [-0.3, -0.25) is 0 Å². The van der Waals surface area contributed by atoms with Gasteiger partial charge in [-0.05, 0) is 65.9 Å². The zero-order valence-electron chi connectivity index (χ0n) is 9.38. The van der Waals surface area contributed by atoms with Crippen molar-refractivity contribution in [1.29, 1.82) is 0 Å². The fourth-order valence-electron chi connectivity index (χ4n) is 1.91. The quantitative estimate of drug-likeness (QED) is 0.866. The van der Waals surface area contributed by atoms with Crippen LogP contribution in [0.3, 0.4) is 0 Å². The summed E-state index contributed by atoms with van der Waals surface area (Å²) in [5.74, 6) is 1.68. The van der Waals surface area contributed by atoms with Crippen LogP contribution < -0.4 is 15.2 Å². The Morgan fingerprint density at radius 1 is 1.38 bits per heavy atom. The van der Waals surface area contributed by atoms with Crippen LogP contribution in [-0.4, -0.2) is 13.3 Å². The van der Waals surface area contributed by atoms with Crippen molar-refractivity contribution in [1.82, 2.24) is 0 Å². The van der Waals surface area contributed by atoms with Gasteiger partial charge in [-0.1, -0.05) is 0 Å². The molecule has 0 fully saturated rings. The number of nitrogens with two attached hydrogens (primary N) is 1. The van der Waals surface area contributed by atoms with Crippen molar-refractivity contribution in [2.24, 2.45) is 5.73 Å². The Morgan fingerprint density at radius 2 is 2.19 bits per heavy atom. The molecule has 0 spiro atoms. The van der Waals surface area contributed by atoms with E-state index in [0.717, 1.165) is 41.8 Å². The van der Waals surface area contributed by atoms with Gasteiger partial charge in [-0.2, -0.15) is 0 Å². The van der Waals surface area contributed by atoms with Crippen LogP contribution in [0.1, 0.15) is 24.0 Å². The van der Waals surface area contributed by atoms with E-state index in [1.54, 1.807) is 0 Å². The minimum atomic E-state index is 0.319. The minimum Gasteiger partial charge on any atom is -0.454 e. The van der Waals surface area contributed by atoms with E-state index >= 15 is 0 Å². The fourth-order valence-corrected chi connectivity index (χ4v) is 2.74. The molecular weight excluding hydrogens is 270 g/mol. The molecule has 0 aromatic heterocycles. The number of halogens is 1. The van der Waals surface area contributed by atoms with Gasteiger partial charge in [0.25, 0.3) is 0 Å². The third kappa shape index (κ3) is 2.18. The number of hydrogen-bond acceptors (Lipinski definition) is 3. The van der Waals surface area contributed by atoms with E-state index in [-0.39, 0.29) is 0 Å². The molecule has 1 heterocycles. The molecule has 0 atom stereocenters. The second kappa shape index (κ2) is 5.06. The number of fused-ring (bicyclic) bond motifs is 1. The monoisotopic (exact) mass is 285 g/mol. The van der Waals surface area contributed by atoms with Crippen LogP contribution >= 0.6 is 15.9 Å². The van der Waals surface area contributed by atoms with Crippen molar-refractivity contribution in [3.8, 4) is 11.5 Å². The Hall–Kier alpha value is -0.740. The first-order chi connectivity index (χ1) is 7.74. The molecule has 0 radical (unpaired) electrons. The van der Waals surface area contributed by atoms with Crippen LogP contribution in [0.25, 0.3) is 0 Å². The number of rotatable bonds is 4. The minimum absolute atomic E-state index is 0.319. The van der Waals surface area contributed by atoms with Crippen molar-refractivity contribution in [2.45, 2.75) is 26.2 Å². The van der Waals surface area contributed by atoms with Crippen LogP contribution in [0, 0.1) is 6.92 Å². The highest BCUT2D eigenvalue weighted by Crippen LogP contribution is 2.43. The van der Waals surface area contributed by atoms with Gasteiger partial charge in [-0.15, -0.1) is 0 Å². The van der Waals surface area contributed by atoms with E-state index in [4.69, 9.17) is 15.2 Å². The number of ether oxygens (including phenoxy) is 2. The number of hydrogen-bond donors (Lipinski definition) is 1. The van der Waals surface area contributed by atoms with Crippen LogP contribution in [0.4, 0.5) is 0 Å². The fraction of sp³-hybridized carbons (Fsp3) is 0.500. The van der Waals surface area contributed by atoms with E-state index < -0.39 is 0 Å². The van der Waals surface area contributed by atoms with E-state index in [2.05, 4.69) is 22.9 Å². The summed E-state index contributed by atoms with van der Waals surface area (Å²) >= 11 is 3.60. The smallest absolute Gasteiger partial charge is 0.231 e. The van der Waals surface area contributed by atoms with Crippen LogP contribution in [0.5, 0.6) is 11.5 Å². The van der Waals surface area contributed by atoms with E-state index in [0.29, 0.717) is 6.79 Å². The summed E-state index contributed by atoms with van der Waals surface area (Å²) in [5.41, 5.74) is 8.05. The molecule has 88 valence electrons. The normalized spacial score (nSPS) is 13.2. The molecule has 0 saturated heterocycles. The zero-order valence-corrected chi connectivity index (χ0v) is 11.0. The third-order valence-corrected chi connectivity index (χ3v) is 3.65. The molecule has 16 heavy (non-hydrogen) atoms. The second-order valence-electron chi connectivity index (χ2n) is 3.97. The molecule has 0 saturated carbocycles. The van der Waals surface area contributed by atoms with Gasteiger partial charge < -0.3 is 15.2 Å². The lowest BCUT2D eigenvalue weighted by atomic mass is 10.0.